The SMILES string of the molecule is CC(=O)c1cc(CC(=O)N[C@@H](c2ncnn2C)C(C)C)cs1. The third-order valence-electron chi connectivity index (χ3n) is 3.37. The molecule has 22 heavy (non-hydrogen) atoms. The van der Waals surface area contributed by atoms with Gasteiger partial charge < -0.3 is 5.32 Å². The van der Waals surface area contributed by atoms with Crippen LogP contribution in [0.25, 0.3) is 0 Å². The Morgan fingerprint density at radius 2 is 2.14 bits per heavy atom. The van der Waals surface area contributed by atoms with Gasteiger partial charge in [0.15, 0.2) is 5.78 Å². The summed E-state index contributed by atoms with van der Waals surface area (Å²) in [6, 6.07) is 1.59. The zero-order chi connectivity index (χ0) is 16.3. The summed E-state index contributed by atoms with van der Waals surface area (Å²) in [5, 5.41) is 8.91. The van der Waals surface area contributed by atoms with Gasteiger partial charge in [-0.05, 0) is 29.9 Å². The zero-order valence-corrected chi connectivity index (χ0v) is 14.0. The van der Waals surface area contributed by atoms with Crippen molar-refractivity contribution in [1.82, 2.24) is 20.1 Å². The molecule has 0 aliphatic carbocycles. The first-order valence-electron chi connectivity index (χ1n) is 7.10. The molecule has 0 aromatic carbocycles. The first-order chi connectivity index (χ1) is 10.4. The summed E-state index contributed by atoms with van der Waals surface area (Å²) in [6.45, 7) is 5.58. The molecule has 0 saturated carbocycles. The molecule has 0 fully saturated rings. The lowest BCUT2D eigenvalue weighted by Crippen LogP contribution is -2.34. The van der Waals surface area contributed by atoms with Crippen LogP contribution >= 0.6 is 11.3 Å². The highest BCUT2D eigenvalue weighted by molar-refractivity contribution is 7.12. The van der Waals surface area contributed by atoms with Gasteiger partial charge in [0.1, 0.15) is 12.2 Å². The molecule has 0 radical (unpaired) electrons. The van der Waals surface area contributed by atoms with E-state index in [1.54, 1.807) is 10.7 Å². The van der Waals surface area contributed by atoms with Crippen LogP contribution in [0.15, 0.2) is 17.8 Å². The number of aromatic nitrogens is 3. The van der Waals surface area contributed by atoms with Gasteiger partial charge in [0, 0.05) is 7.05 Å². The maximum absolute atomic E-state index is 12.3. The van der Waals surface area contributed by atoms with Crippen molar-refractivity contribution < 1.29 is 9.59 Å². The minimum Gasteiger partial charge on any atom is -0.346 e. The molecule has 1 N–H and O–H groups in total. The largest absolute Gasteiger partial charge is 0.346 e. The minimum atomic E-state index is -0.189. The average Bonchev–Trinajstić information content (AvgIpc) is 3.05. The predicted octanol–water partition coefficient (Wildman–Crippen LogP) is 2.14. The quantitative estimate of drug-likeness (QED) is 0.827. The van der Waals surface area contributed by atoms with E-state index in [4.69, 9.17) is 0 Å². The van der Waals surface area contributed by atoms with Gasteiger partial charge in [-0.3, -0.25) is 14.3 Å². The highest BCUT2D eigenvalue weighted by Crippen LogP contribution is 2.20. The number of Topliss-reactive ketones (excluding diaryl/α,β-unsaturated/α-hetero) is 1. The van der Waals surface area contributed by atoms with Crippen LogP contribution in [0, 0.1) is 5.92 Å². The van der Waals surface area contributed by atoms with Crippen molar-refractivity contribution in [3.8, 4) is 0 Å². The molecule has 2 heterocycles. The molecule has 118 valence electrons. The van der Waals surface area contributed by atoms with Crippen molar-refractivity contribution in [2.24, 2.45) is 13.0 Å². The van der Waals surface area contributed by atoms with Crippen LogP contribution in [-0.4, -0.2) is 26.5 Å². The number of carbonyl (C=O) groups is 2. The number of amides is 1. The molecule has 0 aliphatic rings. The van der Waals surface area contributed by atoms with E-state index in [0.717, 1.165) is 11.4 Å². The molecule has 0 aliphatic heterocycles. The van der Waals surface area contributed by atoms with Gasteiger partial charge in [-0.15, -0.1) is 11.3 Å². The molecule has 1 atom stereocenters. The smallest absolute Gasteiger partial charge is 0.225 e. The highest BCUT2D eigenvalue weighted by Gasteiger charge is 2.22. The number of nitrogens with zero attached hydrogens (tertiary/aromatic N) is 3. The number of rotatable bonds is 6. The maximum Gasteiger partial charge on any atom is 0.225 e. The van der Waals surface area contributed by atoms with Gasteiger partial charge in [-0.25, -0.2) is 4.98 Å². The van der Waals surface area contributed by atoms with Gasteiger partial charge in [0.2, 0.25) is 5.91 Å². The van der Waals surface area contributed by atoms with E-state index in [1.807, 2.05) is 26.3 Å². The van der Waals surface area contributed by atoms with E-state index < -0.39 is 0 Å². The summed E-state index contributed by atoms with van der Waals surface area (Å²) in [4.78, 5) is 28.5. The first kappa shape index (κ1) is 16.4. The Labute approximate surface area is 133 Å². The molecule has 0 bridgehead atoms. The molecule has 2 rings (SSSR count). The predicted molar refractivity (Wildman–Crippen MR) is 84.8 cm³/mol. The number of carbonyl (C=O) groups excluding carboxylic acids is 2. The lowest BCUT2D eigenvalue weighted by molar-refractivity contribution is -0.121. The van der Waals surface area contributed by atoms with Gasteiger partial charge in [-0.1, -0.05) is 13.8 Å². The standard InChI is InChI=1S/C15H20N4O2S/c1-9(2)14(15-16-8-17-19(15)4)18-13(21)6-11-5-12(10(3)20)22-7-11/h5,7-9,14H,6H2,1-4H3,(H,18,21)/t14-/m1/s1. The molecule has 2 aromatic rings. The van der Waals surface area contributed by atoms with Crippen LogP contribution in [0.1, 0.15) is 47.9 Å². The van der Waals surface area contributed by atoms with E-state index in [0.29, 0.717) is 4.88 Å². The third kappa shape index (κ3) is 3.79. The zero-order valence-electron chi connectivity index (χ0n) is 13.2. The molecular formula is C15H20N4O2S. The number of nitrogens with one attached hydrogen (secondary N) is 1. The summed E-state index contributed by atoms with van der Waals surface area (Å²) in [5.74, 6) is 0.866. The number of hydrogen-bond acceptors (Lipinski definition) is 5. The summed E-state index contributed by atoms with van der Waals surface area (Å²) >= 11 is 1.37. The molecule has 1 amide bonds. The number of aryl methyl sites for hydroxylation is 1. The van der Waals surface area contributed by atoms with Gasteiger partial charge >= 0.3 is 0 Å². The molecule has 0 saturated heterocycles. The monoisotopic (exact) mass is 320 g/mol. The Hall–Kier alpha value is -2.02. The minimum absolute atomic E-state index is 0.0239. The molecular weight excluding hydrogens is 300 g/mol. The Morgan fingerprint density at radius 1 is 1.41 bits per heavy atom. The third-order valence-corrected chi connectivity index (χ3v) is 4.45. The lowest BCUT2D eigenvalue weighted by atomic mass is 10.0. The average molecular weight is 320 g/mol. The van der Waals surface area contributed by atoms with E-state index in [2.05, 4.69) is 15.4 Å². The fourth-order valence-corrected chi connectivity index (χ4v) is 2.99. The molecule has 7 heteroatoms. The lowest BCUT2D eigenvalue weighted by Gasteiger charge is -2.21. The Balaban J connectivity index is 2.05. The van der Waals surface area contributed by atoms with Crippen LogP contribution in [0.4, 0.5) is 0 Å². The van der Waals surface area contributed by atoms with E-state index >= 15 is 0 Å². The van der Waals surface area contributed by atoms with E-state index in [1.165, 1.54) is 24.6 Å². The van der Waals surface area contributed by atoms with Crippen LogP contribution in [0.2, 0.25) is 0 Å². The van der Waals surface area contributed by atoms with Crippen molar-refractivity contribution in [1.29, 1.82) is 0 Å². The second kappa shape index (κ2) is 6.83. The van der Waals surface area contributed by atoms with E-state index in [-0.39, 0.29) is 30.1 Å². The fraction of sp³-hybridized carbons (Fsp3) is 0.467. The van der Waals surface area contributed by atoms with Crippen LogP contribution in [0.5, 0.6) is 0 Å². The molecule has 2 aromatic heterocycles. The number of hydrogen-bond donors (Lipinski definition) is 1. The molecule has 6 nitrogen and oxygen atoms in total. The van der Waals surface area contributed by atoms with Gasteiger partial charge in [0.05, 0.1) is 17.3 Å². The normalized spacial score (nSPS) is 12.4. The van der Waals surface area contributed by atoms with Crippen molar-refractivity contribution >= 4 is 23.0 Å². The summed E-state index contributed by atoms with van der Waals surface area (Å²) < 4.78 is 1.67. The van der Waals surface area contributed by atoms with E-state index in [9.17, 15) is 9.59 Å². The van der Waals surface area contributed by atoms with Crippen molar-refractivity contribution in [3.63, 3.8) is 0 Å². The van der Waals surface area contributed by atoms with Crippen molar-refractivity contribution in [3.05, 3.63) is 34.0 Å². The van der Waals surface area contributed by atoms with Crippen LogP contribution < -0.4 is 5.32 Å². The summed E-state index contributed by atoms with van der Waals surface area (Å²) in [6.07, 6.45) is 1.74. The topological polar surface area (TPSA) is 76.9 Å². The highest BCUT2D eigenvalue weighted by atomic mass is 32.1. The van der Waals surface area contributed by atoms with Gasteiger partial charge in [-0.2, -0.15) is 5.10 Å². The van der Waals surface area contributed by atoms with Crippen molar-refractivity contribution in [2.75, 3.05) is 0 Å². The number of ketones is 1. The van der Waals surface area contributed by atoms with Gasteiger partial charge in [0.25, 0.3) is 0 Å². The fourth-order valence-electron chi connectivity index (χ4n) is 2.18. The summed E-state index contributed by atoms with van der Waals surface area (Å²) in [5.41, 5.74) is 0.855. The summed E-state index contributed by atoms with van der Waals surface area (Å²) in [7, 11) is 1.81. The Morgan fingerprint density at radius 3 is 2.64 bits per heavy atom. The maximum atomic E-state index is 12.3. The van der Waals surface area contributed by atoms with Crippen molar-refractivity contribution in [2.45, 2.75) is 33.2 Å². The second-order valence-corrected chi connectivity index (χ2v) is 6.49. The van der Waals surface area contributed by atoms with Crippen LogP contribution in [-0.2, 0) is 18.3 Å². The molecule has 0 spiro atoms. The second-order valence-electron chi connectivity index (χ2n) is 5.58. The first-order valence-corrected chi connectivity index (χ1v) is 7.98. The Kier molecular flexibility index (Phi) is 5.07. The molecule has 0 unspecified atom stereocenters. The number of thiophene rings is 1. The Bertz CT molecular complexity index is 675. The van der Waals surface area contributed by atoms with Crippen LogP contribution in [0.3, 0.4) is 0 Å².